The summed E-state index contributed by atoms with van der Waals surface area (Å²) in [6, 6.07) is 5.52. The Labute approximate surface area is 128 Å². The SMILES string of the molecule is CCSC1CCC(NCc2ccc(Cl)c([N+](=O)[O-])c2)C1. The van der Waals surface area contributed by atoms with Gasteiger partial charge in [0, 0.05) is 23.9 Å². The van der Waals surface area contributed by atoms with E-state index < -0.39 is 4.92 Å². The molecule has 1 N–H and O–H groups in total. The van der Waals surface area contributed by atoms with Crippen LogP contribution in [0.2, 0.25) is 5.02 Å². The van der Waals surface area contributed by atoms with Gasteiger partial charge in [-0.3, -0.25) is 10.1 Å². The molecule has 0 radical (unpaired) electrons. The average molecular weight is 315 g/mol. The highest BCUT2D eigenvalue weighted by molar-refractivity contribution is 7.99. The highest BCUT2D eigenvalue weighted by atomic mass is 35.5. The topological polar surface area (TPSA) is 55.2 Å². The van der Waals surface area contributed by atoms with E-state index in [1.807, 2.05) is 17.8 Å². The first-order chi connectivity index (χ1) is 9.60. The number of nitrogens with zero attached hydrogens (tertiary/aromatic N) is 1. The van der Waals surface area contributed by atoms with Crippen LogP contribution >= 0.6 is 23.4 Å². The number of rotatable bonds is 6. The molecule has 1 aromatic carbocycles. The number of nitro groups is 1. The van der Waals surface area contributed by atoms with Crippen LogP contribution < -0.4 is 5.32 Å². The summed E-state index contributed by atoms with van der Waals surface area (Å²) < 4.78 is 0. The van der Waals surface area contributed by atoms with E-state index in [2.05, 4.69) is 12.2 Å². The second-order valence-electron chi connectivity index (χ2n) is 5.01. The van der Waals surface area contributed by atoms with Gasteiger partial charge in [0.25, 0.3) is 5.69 Å². The second-order valence-corrected chi connectivity index (χ2v) is 7.00. The lowest BCUT2D eigenvalue weighted by atomic mass is 10.1. The van der Waals surface area contributed by atoms with Crippen LogP contribution in [-0.2, 0) is 6.54 Å². The fourth-order valence-corrected chi connectivity index (χ4v) is 3.91. The fourth-order valence-electron chi connectivity index (χ4n) is 2.58. The van der Waals surface area contributed by atoms with Crippen molar-refractivity contribution in [2.75, 3.05) is 5.75 Å². The molecule has 0 saturated heterocycles. The lowest BCUT2D eigenvalue weighted by Gasteiger charge is -2.13. The molecular weight excluding hydrogens is 296 g/mol. The Hall–Kier alpha value is -0.780. The monoisotopic (exact) mass is 314 g/mol. The van der Waals surface area contributed by atoms with Gasteiger partial charge in [-0.2, -0.15) is 11.8 Å². The van der Waals surface area contributed by atoms with Crippen molar-refractivity contribution in [1.82, 2.24) is 5.32 Å². The molecule has 110 valence electrons. The van der Waals surface area contributed by atoms with E-state index in [4.69, 9.17) is 11.6 Å². The van der Waals surface area contributed by atoms with Gasteiger partial charge in [-0.15, -0.1) is 0 Å². The van der Waals surface area contributed by atoms with Crippen LogP contribution in [0.1, 0.15) is 31.7 Å². The van der Waals surface area contributed by atoms with E-state index in [0.29, 0.717) is 12.6 Å². The summed E-state index contributed by atoms with van der Waals surface area (Å²) in [5.74, 6) is 1.17. The minimum atomic E-state index is -0.435. The predicted molar refractivity (Wildman–Crippen MR) is 84.5 cm³/mol. The Morgan fingerprint density at radius 1 is 1.50 bits per heavy atom. The number of thioether (sulfide) groups is 1. The molecule has 0 aromatic heterocycles. The molecule has 20 heavy (non-hydrogen) atoms. The van der Waals surface area contributed by atoms with E-state index >= 15 is 0 Å². The summed E-state index contributed by atoms with van der Waals surface area (Å²) in [5.41, 5.74) is 0.893. The molecule has 1 fully saturated rings. The van der Waals surface area contributed by atoms with Crippen molar-refractivity contribution in [1.29, 1.82) is 0 Å². The van der Waals surface area contributed by atoms with Gasteiger partial charge in [0.15, 0.2) is 0 Å². The zero-order valence-corrected chi connectivity index (χ0v) is 13.0. The first kappa shape index (κ1) is 15.6. The summed E-state index contributed by atoms with van der Waals surface area (Å²) in [7, 11) is 0. The van der Waals surface area contributed by atoms with Gasteiger partial charge in [0.1, 0.15) is 5.02 Å². The van der Waals surface area contributed by atoms with E-state index in [-0.39, 0.29) is 10.7 Å². The molecule has 0 aliphatic heterocycles. The van der Waals surface area contributed by atoms with Crippen LogP contribution in [0.5, 0.6) is 0 Å². The summed E-state index contributed by atoms with van der Waals surface area (Å²) in [6.45, 7) is 2.85. The Kier molecular flexibility index (Phi) is 5.69. The molecule has 1 saturated carbocycles. The van der Waals surface area contributed by atoms with Crippen molar-refractivity contribution in [3.8, 4) is 0 Å². The zero-order valence-electron chi connectivity index (χ0n) is 11.5. The summed E-state index contributed by atoms with van der Waals surface area (Å²) in [4.78, 5) is 10.4. The summed E-state index contributed by atoms with van der Waals surface area (Å²) in [5, 5.41) is 15.3. The van der Waals surface area contributed by atoms with Gasteiger partial charge in [0.05, 0.1) is 4.92 Å². The van der Waals surface area contributed by atoms with E-state index in [1.54, 1.807) is 12.1 Å². The van der Waals surface area contributed by atoms with Crippen molar-refractivity contribution in [2.45, 2.75) is 44.0 Å². The maximum atomic E-state index is 10.8. The second kappa shape index (κ2) is 7.29. The third-order valence-corrected chi connectivity index (χ3v) is 5.14. The van der Waals surface area contributed by atoms with Crippen LogP contribution in [0, 0.1) is 10.1 Å². The van der Waals surface area contributed by atoms with E-state index in [0.717, 1.165) is 10.8 Å². The van der Waals surface area contributed by atoms with Gasteiger partial charge in [-0.05, 0) is 36.6 Å². The first-order valence-electron chi connectivity index (χ1n) is 6.88. The van der Waals surface area contributed by atoms with Crippen LogP contribution in [0.15, 0.2) is 18.2 Å². The lowest BCUT2D eigenvalue weighted by Crippen LogP contribution is -2.26. The van der Waals surface area contributed by atoms with Crippen molar-refractivity contribution < 1.29 is 4.92 Å². The molecule has 0 amide bonds. The van der Waals surface area contributed by atoms with Crippen LogP contribution in [0.3, 0.4) is 0 Å². The fraction of sp³-hybridized carbons (Fsp3) is 0.571. The molecule has 1 aliphatic rings. The smallest absolute Gasteiger partial charge is 0.288 e. The first-order valence-corrected chi connectivity index (χ1v) is 8.30. The lowest BCUT2D eigenvalue weighted by molar-refractivity contribution is -0.384. The standard InChI is InChI=1S/C14H19ClN2O2S/c1-2-20-12-5-4-11(8-12)16-9-10-3-6-13(15)14(7-10)17(18)19/h3,6-7,11-12,16H,2,4-5,8-9H2,1H3. The van der Waals surface area contributed by atoms with Gasteiger partial charge < -0.3 is 5.32 Å². The number of nitrogens with one attached hydrogen (secondary N) is 1. The Morgan fingerprint density at radius 3 is 3.00 bits per heavy atom. The maximum Gasteiger partial charge on any atom is 0.288 e. The Morgan fingerprint density at radius 2 is 2.30 bits per heavy atom. The highest BCUT2D eigenvalue weighted by Gasteiger charge is 2.24. The molecule has 0 spiro atoms. The Balaban J connectivity index is 1.88. The van der Waals surface area contributed by atoms with Crippen LogP contribution in [0.4, 0.5) is 5.69 Å². The molecule has 4 nitrogen and oxygen atoms in total. The summed E-state index contributed by atoms with van der Waals surface area (Å²) in [6.07, 6.45) is 3.64. The van der Waals surface area contributed by atoms with Crippen molar-refractivity contribution in [3.63, 3.8) is 0 Å². The number of hydrogen-bond acceptors (Lipinski definition) is 4. The molecule has 2 atom stereocenters. The number of hydrogen-bond donors (Lipinski definition) is 1. The summed E-state index contributed by atoms with van der Waals surface area (Å²) >= 11 is 7.83. The molecule has 1 aliphatic carbocycles. The van der Waals surface area contributed by atoms with Crippen molar-refractivity contribution in [3.05, 3.63) is 38.9 Å². The Bertz CT molecular complexity index is 484. The number of halogens is 1. The maximum absolute atomic E-state index is 10.8. The van der Waals surface area contributed by atoms with E-state index in [1.165, 1.54) is 25.0 Å². The van der Waals surface area contributed by atoms with Gasteiger partial charge >= 0.3 is 0 Å². The normalized spacial score (nSPS) is 22.1. The molecule has 2 rings (SSSR count). The quantitative estimate of drug-likeness (QED) is 0.636. The molecule has 6 heteroatoms. The molecule has 0 heterocycles. The molecule has 2 unspecified atom stereocenters. The van der Waals surface area contributed by atoms with Gasteiger partial charge in [0.2, 0.25) is 0 Å². The largest absolute Gasteiger partial charge is 0.310 e. The third-order valence-electron chi connectivity index (χ3n) is 3.59. The molecule has 1 aromatic rings. The zero-order chi connectivity index (χ0) is 14.5. The minimum absolute atomic E-state index is 0.0168. The average Bonchev–Trinajstić information content (AvgIpc) is 2.86. The van der Waals surface area contributed by atoms with Crippen LogP contribution in [-0.4, -0.2) is 22.0 Å². The number of nitro benzene ring substituents is 1. The van der Waals surface area contributed by atoms with Crippen molar-refractivity contribution in [2.24, 2.45) is 0 Å². The number of benzene rings is 1. The van der Waals surface area contributed by atoms with E-state index in [9.17, 15) is 10.1 Å². The molecule has 0 bridgehead atoms. The van der Waals surface area contributed by atoms with Crippen molar-refractivity contribution >= 4 is 29.1 Å². The van der Waals surface area contributed by atoms with Gasteiger partial charge in [-0.25, -0.2) is 0 Å². The van der Waals surface area contributed by atoms with Crippen LogP contribution in [0.25, 0.3) is 0 Å². The minimum Gasteiger partial charge on any atom is -0.310 e. The highest BCUT2D eigenvalue weighted by Crippen LogP contribution is 2.30. The van der Waals surface area contributed by atoms with Gasteiger partial charge in [-0.1, -0.05) is 24.6 Å². The molecular formula is C14H19ClN2O2S. The third kappa shape index (κ3) is 4.11. The predicted octanol–water partition coefficient (Wildman–Crippen LogP) is 4.01.